The summed E-state index contributed by atoms with van der Waals surface area (Å²) in [6.45, 7) is 0. The second kappa shape index (κ2) is 7.44. The maximum absolute atomic E-state index is 10.2. The molecule has 0 aliphatic heterocycles. The van der Waals surface area contributed by atoms with E-state index in [1.165, 1.54) is 0 Å². The molecule has 1 aromatic heterocycles. The summed E-state index contributed by atoms with van der Waals surface area (Å²) >= 11 is -0.0500. The molecule has 1 aromatic rings. The van der Waals surface area contributed by atoms with Gasteiger partial charge in [0, 0.05) is 19.5 Å². The van der Waals surface area contributed by atoms with Crippen LogP contribution in [0.1, 0.15) is 0 Å². The maximum atomic E-state index is 10.2. The summed E-state index contributed by atoms with van der Waals surface area (Å²) in [7, 11) is 0. The fourth-order valence-corrected chi connectivity index (χ4v) is 0.403. The summed E-state index contributed by atoms with van der Waals surface area (Å²) in [5, 5.41) is 0. The molecule has 0 spiro atoms. The van der Waals surface area contributed by atoms with Crippen molar-refractivity contribution in [3.05, 3.63) is 31.5 Å². The molecule has 4 N–H and O–H groups in total. The van der Waals surface area contributed by atoms with Crippen LogP contribution < -0.4 is 17.1 Å². The number of hydrogen-bond acceptors (Lipinski definition) is 4. The van der Waals surface area contributed by atoms with Gasteiger partial charge in [-0.2, -0.15) is 0 Å². The summed E-state index contributed by atoms with van der Waals surface area (Å²) in [6.07, 6.45) is 0. The van der Waals surface area contributed by atoms with Gasteiger partial charge >= 0.3 is 43.5 Å². The molecule has 7 nitrogen and oxygen atoms in total. The fourth-order valence-electron chi connectivity index (χ4n) is 0.403. The van der Waals surface area contributed by atoms with E-state index in [9.17, 15) is 14.4 Å². The van der Waals surface area contributed by atoms with Gasteiger partial charge in [-0.3, -0.25) is 15.0 Å². The van der Waals surface area contributed by atoms with Gasteiger partial charge in [-0.15, -0.1) is 0 Å². The number of rotatable bonds is 0. The Morgan fingerprint density at radius 2 is 1.00 bits per heavy atom. The maximum Gasteiger partial charge on any atom is 0 e. The summed E-state index contributed by atoms with van der Waals surface area (Å²) in [6, 6.07) is 0. The summed E-state index contributed by atoms with van der Waals surface area (Å²) in [5.74, 6) is 0. The molecular weight excluding hydrogens is 326 g/mol. The molecule has 0 aliphatic carbocycles. The normalized spacial score (nSPS) is 7.75. The van der Waals surface area contributed by atoms with Crippen molar-refractivity contribution in [3.63, 3.8) is 0 Å². The second-order valence-corrected chi connectivity index (χ2v) is 1.36. The third-order valence-corrected chi connectivity index (χ3v) is 0.681. The van der Waals surface area contributed by atoms with Crippen LogP contribution in [0.2, 0.25) is 0 Å². The number of H-pyrrole nitrogens is 3. The van der Waals surface area contributed by atoms with E-state index in [1.807, 2.05) is 0 Å². The molecule has 0 unspecified atom stereocenters. The van der Waals surface area contributed by atoms with Crippen LogP contribution in [-0.4, -0.2) is 41.3 Å². The molecule has 0 aliphatic rings. The van der Waals surface area contributed by atoms with Crippen molar-refractivity contribution in [2.75, 3.05) is 0 Å². The Morgan fingerprint density at radius 3 is 1.17 bits per heavy atom. The minimum atomic E-state index is -0.802. The third kappa shape index (κ3) is 5.44. The van der Waals surface area contributed by atoms with Crippen LogP contribution in [0.25, 0.3) is 0 Å². The molecule has 1 rings (SSSR count). The van der Waals surface area contributed by atoms with E-state index in [-0.39, 0.29) is 42.4 Å². The molecule has 0 saturated heterocycles. The van der Waals surface area contributed by atoms with Crippen LogP contribution in [0.15, 0.2) is 14.4 Å². The van der Waals surface area contributed by atoms with Gasteiger partial charge < -0.3 is 0 Å². The first kappa shape index (κ1) is 14.3. The Labute approximate surface area is 92.0 Å². The van der Waals surface area contributed by atoms with Crippen molar-refractivity contribution < 1.29 is 22.9 Å². The Kier molecular flexibility index (Phi) is 8.88. The summed E-state index contributed by atoms with van der Waals surface area (Å²) in [4.78, 5) is 35.9. The Balaban J connectivity index is 0. The van der Waals surface area contributed by atoms with Crippen LogP contribution in [0.4, 0.5) is 0 Å². The van der Waals surface area contributed by atoms with Crippen LogP contribution >= 0.6 is 0 Å². The molecule has 64 valence electrons. The molecule has 1 heterocycles. The van der Waals surface area contributed by atoms with Crippen molar-refractivity contribution in [2.45, 2.75) is 0 Å². The quantitative estimate of drug-likeness (QED) is 0.362. The van der Waals surface area contributed by atoms with Gasteiger partial charge in [-0.1, -0.05) is 0 Å². The monoisotopic (exact) mass is 333 g/mol. The van der Waals surface area contributed by atoms with E-state index in [1.54, 1.807) is 15.0 Å². The average molecular weight is 333 g/mol. The van der Waals surface area contributed by atoms with Crippen molar-refractivity contribution in [3.8, 4) is 0 Å². The zero-order valence-corrected chi connectivity index (χ0v) is 15.1. The van der Waals surface area contributed by atoms with E-state index >= 15 is 0 Å². The largest absolute Gasteiger partial charge is 0 e. The van der Waals surface area contributed by atoms with Gasteiger partial charge in [0.15, 0.2) is 0 Å². The van der Waals surface area contributed by atoms with Crippen LogP contribution in [0.5, 0.6) is 0 Å². The summed E-state index contributed by atoms with van der Waals surface area (Å²) in [5.41, 5.74) is -2.41. The summed E-state index contributed by atoms with van der Waals surface area (Å²) < 4.78 is 7.21. The average Bonchev–Trinajstić information content (AvgIpc) is 1.88. The first-order valence-electron chi connectivity index (χ1n) is 2.56. The number of aromatic amines is 3. The van der Waals surface area contributed by atoms with E-state index < -0.39 is 17.1 Å². The van der Waals surface area contributed by atoms with Crippen LogP contribution in [0, 0.1) is 0 Å². The first-order valence-corrected chi connectivity index (χ1v) is 5.11. The van der Waals surface area contributed by atoms with Gasteiger partial charge in [0.05, 0.1) is 0 Å². The van der Waals surface area contributed by atoms with Crippen LogP contribution in [0.3, 0.4) is 0 Å². The minimum Gasteiger partial charge on any atom is 0 e. The van der Waals surface area contributed by atoms with Crippen molar-refractivity contribution in [1.82, 2.24) is 15.0 Å². The van der Waals surface area contributed by atoms with Gasteiger partial charge in [0.2, 0.25) is 0 Å². The molecule has 0 fully saturated rings. The van der Waals surface area contributed by atoms with E-state index in [0.29, 0.717) is 0 Å². The molecule has 0 aromatic carbocycles. The number of aromatic nitrogens is 3. The predicted octanol–water partition coefficient (Wildman–Crippen LogP) is -3.99. The van der Waals surface area contributed by atoms with Crippen molar-refractivity contribution in [2.24, 2.45) is 0 Å². The number of hydrogen-bond donors (Lipinski definition) is 4. The molecule has 9 heteroatoms. The van der Waals surface area contributed by atoms with E-state index in [4.69, 9.17) is 3.44 Å². The van der Waals surface area contributed by atoms with Gasteiger partial charge in [-0.25, -0.2) is 14.4 Å². The Morgan fingerprint density at radius 1 is 0.833 bits per heavy atom. The Hall–Kier alpha value is -0.208. The SMILES string of the molecule is O=c1[nH]c(=O)[nH]c(=O)[nH]1.[OH][SnH3].[Zn]. The fraction of sp³-hybridized carbons (Fsp3) is 0. The molecule has 0 radical (unpaired) electrons. The smallest absolute Gasteiger partial charge is 0 e. The minimum absolute atomic E-state index is 0. The van der Waals surface area contributed by atoms with Crippen molar-refractivity contribution >= 4 is 22.9 Å². The van der Waals surface area contributed by atoms with Gasteiger partial charge in [0.1, 0.15) is 0 Å². The third-order valence-electron chi connectivity index (χ3n) is 0.681. The standard InChI is InChI=1S/C3H3N3O3.H2O.Sn.Zn.3H/c7-1-4-2(8)6-3(9)5-1;;;;;;/h(H3,4,5,6,7,8,9);1H2;;;;;/q;;+1;;;;/p-1. The second-order valence-electron chi connectivity index (χ2n) is 1.36. The zero-order chi connectivity index (χ0) is 8.85. The first-order chi connectivity index (χ1) is 5.18. The van der Waals surface area contributed by atoms with E-state index in [0.717, 1.165) is 0 Å². The Bertz CT molecular complexity index is 288. The molecular formula is C3H7N3O4SnZn. The zero-order valence-electron chi connectivity index (χ0n) is 6.38. The van der Waals surface area contributed by atoms with Gasteiger partial charge in [0.25, 0.3) is 0 Å². The molecule has 0 atom stereocenters. The predicted molar refractivity (Wildman–Crippen MR) is 40.5 cm³/mol. The molecule has 0 amide bonds. The van der Waals surface area contributed by atoms with E-state index in [2.05, 4.69) is 0 Å². The molecule has 0 bridgehead atoms. The van der Waals surface area contributed by atoms with Gasteiger partial charge in [-0.05, 0) is 0 Å². The van der Waals surface area contributed by atoms with Crippen molar-refractivity contribution in [1.29, 1.82) is 0 Å². The number of nitrogens with one attached hydrogen (secondary N) is 3. The topological polar surface area (TPSA) is 119 Å². The molecule has 0 saturated carbocycles. The molecule has 12 heavy (non-hydrogen) atoms. The van der Waals surface area contributed by atoms with Crippen LogP contribution in [-0.2, 0) is 19.5 Å².